The molecule has 0 aliphatic carbocycles. The van der Waals surface area contributed by atoms with Gasteiger partial charge in [0.25, 0.3) is 0 Å². The molecule has 2 amide bonds. The maximum Gasteiger partial charge on any atom is 0.417 e. The van der Waals surface area contributed by atoms with Crippen LogP contribution in [-0.4, -0.2) is 11.0 Å². The van der Waals surface area contributed by atoms with E-state index in [0.717, 1.165) is 17.8 Å². The quantitative estimate of drug-likeness (QED) is 0.628. The number of urea groups is 1. The first-order valence-corrected chi connectivity index (χ1v) is 8.60. The smallest absolute Gasteiger partial charge is 0.417 e. The van der Waals surface area contributed by atoms with E-state index >= 15 is 0 Å². The Kier molecular flexibility index (Phi) is 5.70. The summed E-state index contributed by atoms with van der Waals surface area (Å²) in [6, 6.07) is 11.5. The molecule has 0 radical (unpaired) electrons. The number of halogens is 3. The molecule has 0 saturated heterocycles. The molecule has 5 nitrogen and oxygen atoms in total. The van der Waals surface area contributed by atoms with Gasteiger partial charge in [0.05, 0.1) is 18.3 Å². The minimum absolute atomic E-state index is 0.121. The molecule has 0 unspecified atom stereocenters. The lowest BCUT2D eigenvalue weighted by Crippen LogP contribution is -2.27. The zero-order chi connectivity index (χ0) is 19.3. The van der Waals surface area contributed by atoms with E-state index in [2.05, 4.69) is 15.6 Å². The van der Waals surface area contributed by atoms with Crippen molar-refractivity contribution in [2.24, 2.45) is 0 Å². The fraction of sp³-hybridized carbons (Fsp3) is 0.111. The SMILES string of the molecule is O=C(NCc1cnco1)Nc1ccc(Sc2ccccc2C(F)(F)F)cc1. The highest BCUT2D eigenvalue weighted by atomic mass is 32.2. The third-order valence-corrected chi connectivity index (χ3v) is 4.52. The Morgan fingerprint density at radius 3 is 2.52 bits per heavy atom. The monoisotopic (exact) mass is 393 g/mol. The summed E-state index contributed by atoms with van der Waals surface area (Å²) in [6.07, 6.45) is -1.65. The van der Waals surface area contributed by atoms with Gasteiger partial charge in [0.1, 0.15) is 5.76 Å². The molecule has 2 aromatic carbocycles. The number of nitrogens with zero attached hydrogens (tertiary/aromatic N) is 1. The molecule has 0 fully saturated rings. The van der Waals surface area contributed by atoms with Crippen molar-refractivity contribution >= 4 is 23.5 Å². The first-order valence-electron chi connectivity index (χ1n) is 7.78. The highest BCUT2D eigenvalue weighted by Gasteiger charge is 2.33. The van der Waals surface area contributed by atoms with E-state index in [1.807, 2.05) is 0 Å². The van der Waals surface area contributed by atoms with Crippen LogP contribution in [0.25, 0.3) is 0 Å². The molecule has 0 aliphatic heterocycles. The van der Waals surface area contributed by atoms with Crippen LogP contribution in [0.1, 0.15) is 11.3 Å². The second-order valence-corrected chi connectivity index (χ2v) is 6.51. The predicted octanol–water partition coefficient (Wildman–Crippen LogP) is 5.17. The molecule has 0 bridgehead atoms. The predicted molar refractivity (Wildman–Crippen MR) is 94.4 cm³/mol. The summed E-state index contributed by atoms with van der Waals surface area (Å²) < 4.78 is 44.2. The fourth-order valence-corrected chi connectivity index (χ4v) is 3.16. The minimum Gasteiger partial charge on any atom is -0.447 e. The molecule has 9 heteroatoms. The second kappa shape index (κ2) is 8.17. The van der Waals surface area contributed by atoms with Crippen molar-refractivity contribution in [3.05, 3.63) is 72.4 Å². The third kappa shape index (κ3) is 5.27. The number of hydrogen-bond acceptors (Lipinski definition) is 4. The van der Waals surface area contributed by atoms with E-state index in [4.69, 9.17) is 4.42 Å². The highest BCUT2D eigenvalue weighted by molar-refractivity contribution is 7.99. The molecule has 1 heterocycles. The molecule has 1 aromatic heterocycles. The third-order valence-electron chi connectivity index (χ3n) is 3.44. The van der Waals surface area contributed by atoms with Gasteiger partial charge in [-0.3, -0.25) is 0 Å². The molecule has 140 valence electrons. The van der Waals surface area contributed by atoms with Gasteiger partial charge in [0.2, 0.25) is 0 Å². The molecule has 27 heavy (non-hydrogen) atoms. The van der Waals surface area contributed by atoms with Gasteiger partial charge in [0, 0.05) is 15.5 Å². The Morgan fingerprint density at radius 2 is 1.85 bits per heavy atom. The first-order chi connectivity index (χ1) is 12.9. The van der Waals surface area contributed by atoms with Gasteiger partial charge in [0.15, 0.2) is 6.39 Å². The fourth-order valence-electron chi connectivity index (χ4n) is 2.20. The molecular formula is C18H14F3N3O2S. The van der Waals surface area contributed by atoms with Crippen LogP contribution in [0.3, 0.4) is 0 Å². The zero-order valence-corrected chi connectivity index (χ0v) is 14.6. The largest absolute Gasteiger partial charge is 0.447 e. The van der Waals surface area contributed by atoms with Gasteiger partial charge in [-0.15, -0.1) is 0 Å². The number of nitrogens with one attached hydrogen (secondary N) is 2. The maximum absolute atomic E-state index is 13.1. The summed E-state index contributed by atoms with van der Waals surface area (Å²) in [5.41, 5.74) is -0.164. The molecule has 0 aliphatic rings. The number of oxazole rings is 1. The topological polar surface area (TPSA) is 67.2 Å². The Hall–Kier alpha value is -2.94. The Labute approximate surface area is 157 Å². The summed E-state index contributed by atoms with van der Waals surface area (Å²) in [6.45, 7) is 0.188. The van der Waals surface area contributed by atoms with Crippen molar-refractivity contribution in [2.75, 3.05) is 5.32 Å². The van der Waals surface area contributed by atoms with Crippen LogP contribution in [0, 0.1) is 0 Å². The van der Waals surface area contributed by atoms with Crippen LogP contribution in [0.15, 0.2) is 75.3 Å². The number of amides is 2. The number of aromatic nitrogens is 1. The normalized spacial score (nSPS) is 11.2. The van der Waals surface area contributed by atoms with Crippen LogP contribution >= 0.6 is 11.8 Å². The van der Waals surface area contributed by atoms with Gasteiger partial charge < -0.3 is 15.1 Å². The lowest BCUT2D eigenvalue weighted by molar-refractivity contribution is -0.139. The van der Waals surface area contributed by atoms with Gasteiger partial charge >= 0.3 is 12.2 Å². The molecule has 0 atom stereocenters. The van der Waals surface area contributed by atoms with Gasteiger partial charge in [-0.2, -0.15) is 13.2 Å². The molecule has 2 N–H and O–H groups in total. The van der Waals surface area contributed by atoms with Gasteiger partial charge in [-0.1, -0.05) is 23.9 Å². The molecule has 3 aromatic rings. The number of hydrogen-bond donors (Lipinski definition) is 2. The van der Waals surface area contributed by atoms with Crippen molar-refractivity contribution in [3.63, 3.8) is 0 Å². The summed E-state index contributed by atoms with van der Waals surface area (Å²) in [7, 11) is 0. The van der Waals surface area contributed by atoms with Gasteiger partial charge in [-0.05, 0) is 36.4 Å². The van der Waals surface area contributed by atoms with Crippen LogP contribution in [0.2, 0.25) is 0 Å². The number of carbonyl (C=O) groups is 1. The maximum atomic E-state index is 13.1. The highest BCUT2D eigenvalue weighted by Crippen LogP contribution is 2.39. The lowest BCUT2D eigenvalue weighted by atomic mass is 10.2. The van der Waals surface area contributed by atoms with E-state index in [1.165, 1.54) is 24.7 Å². The molecule has 3 rings (SSSR count). The van der Waals surface area contributed by atoms with Crippen LogP contribution in [0.5, 0.6) is 0 Å². The van der Waals surface area contributed by atoms with Crippen LogP contribution < -0.4 is 10.6 Å². The van der Waals surface area contributed by atoms with Crippen molar-refractivity contribution in [1.82, 2.24) is 10.3 Å². The molecular weight excluding hydrogens is 379 g/mol. The van der Waals surface area contributed by atoms with Gasteiger partial charge in [-0.25, -0.2) is 9.78 Å². The Bertz CT molecular complexity index is 897. The standard InChI is InChI=1S/C18H14F3N3O2S/c19-18(20,21)15-3-1-2-4-16(15)27-14-7-5-12(6-8-14)24-17(25)23-10-13-9-22-11-26-13/h1-9,11H,10H2,(H2,23,24,25). The summed E-state index contributed by atoms with van der Waals surface area (Å²) in [4.78, 5) is 16.3. The first kappa shape index (κ1) is 18.8. The lowest BCUT2D eigenvalue weighted by Gasteiger charge is -2.12. The van der Waals surface area contributed by atoms with Crippen molar-refractivity contribution < 1.29 is 22.4 Å². The molecule has 0 spiro atoms. The summed E-state index contributed by atoms with van der Waals surface area (Å²) in [5, 5.41) is 5.23. The number of anilines is 1. The van der Waals surface area contributed by atoms with Crippen molar-refractivity contribution in [1.29, 1.82) is 0 Å². The summed E-state index contributed by atoms with van der Waals surface area (Å²) >= 11 is 1.01. The second-order valence-electron chi connectivity index (χ2n) is 5.40. The number of alkyl halides is 3. The number of carbonyl (C=O) groups excluding carboxylic acids is 1. The molecule has 0 saturated carbocycles. The van der Waals surface area contributed by atoms with E-state index in [1.54, 1.807) is 30.3 Å². The number of benzene rings is 2. The number of rotatable bonds is 5. The van der Waals surface area contributed by atoms with E-state index in [9.17, 15) is 18.0 Å². The van der Waals surface area contributed by atoms with E-state index in [0.29, 0.717) is 16.3 Å². The summed E-state index contributed by atoms with van der Waals surface area (Å²) in [5.74, 6) is 0.514. The average Bonchev–Trinajstić information content (AvgIpc) is 3.15. The van der Waals surface area contributed by atoms with Crippen LogP contribution in [0.4, 0.5) is 23.7 Å². The Morgan fingerprint density at radius 1 is 1.11 bits per heavy atom. The zero-order valence-electron chi connectivity index (χ0n) is 13.8. The van der Waals surface area contributed by atoms with E-state index < -0.39 is 17.8 Å². The van der Waals surface area contributed by atoms with Crippen LogP contribution in [-0.2, 0) is 12.7 Å². The average molecular weight is 393 g/mol. The van der Waals surface area contributed by atoms with E-state index in [-0.39, 0.29) is 11.4 Å². The minimum atomic E-state index is -4.41. The van der Waals surface area contributed by atoms with Crippen molar-refractivity contribution in [2.45, 2.75) is 22.5 Å². The Balaban J connectivity index is 1.60. The van der Waals surface area contributed by atoms with Crippen molar-refractivity contribution in [3.8, 4) is 0 Å².